The minimum Gasteiger partial charge on any atom is -0.490 e. The minimum atomic E-state index is -4.86. The molecular formula is C31H27ClF3N3O5S. The Labute approximate surface area is 257 Å². The van der Waals surface area contributed by atoms with E-state index in [2.05, 4.69) is 10.5 Å². The standard InChI is InChI=1S/C31H27ClF3N3O5S/c1-2-42-29-17-23(13-16-28(29)43-21-22-9-5-3-6-10-22)19-36-37-30(39)20-38(44(40,41)25-11-7-4-8-12-25)24-14-15-27(32)26(18-24)31(33,34)35/h3-19H,2,20-21H2,1H3,(H,37,39)/b36-19+. The van der Waals surface area contributed by atoms with Crippen molar-refractivity contribution in [1.29, 1.82) is 0 Å². The molecule has 0 radical (unpaired) electrons. The van der Waals surface area contributed by atoms with Crippen LogP contribution in [-0.2, 0) is 27.6 Å². The van der Waals surface area contributed by atoms with Crippen LogP contribution in [0, 0.1) is 0 Å². The molecule has 8 nitrogen and oxygen atoms in total. The van der Waals surface area contributed by atoms with Crippen LogP contribution in [0.2, 0.25) is 5.02 Å². The van der Waals surface area contributed by atoms with Gasteiger partial charge in [-0.2, -0.15) is 18.3 Å². The van der Waals surface area contributed by atoms with Crippen LogP contribution >= 0.6 is 11.6 Å². The van der Waals surface area contributed by atoms with Crippen molar-refractivity contribution in [1.82, 2.24) is 5.43 Å². The third-order valence-corrected chi connectivity index (χ3v) is 8.19. The lowest BCUT2D eigenvalue weighted by Crippen LogP contribution is -2.39. The molecule has 0 saturated carbocycles. The number of ether oxygens (including phenoxy) is 2. The third kappa shape index (κ3) is 8.29. The van der Waals surface area contributed by atoms with Gasteiger partial charge in [-0.3, -0.25) is 9.10 Å². The van der Waals surface area contributed by atoms with Gasteiger partial charge in [0.25, 0.3) is 15.9 Å². The number of hydrogen-bond acceptors (Lipinski definition) is 6. The summed E-state index contributed by atoms with van der Waals surface area (Å²) < 4.78 is 79.7. The summed E-state index contributed by atoms with van der Waals surface area (Å²) in [6, 6.07) is 24.2. The van der Waals surface area contributed by atoms with Crippen LogP contribution in [0.15, 0.2) is 107 Å². The predicted octanol–water partition coefficient (Wildman–Crippen LogP) is 6.68. The first kappa shape index (κ1) is 32.4. The van der Waals surface area contributed by atoms with Crippen LogP contribution in [0.3, 0.4) is 0 Å². The maximum atomic E-state index is 13.6. The summed E-state index contributed by atoms with van der Waals surface area (Å²) in [6.45, 7) is 1.63. The second kappa shape index (κ2) is 14.3. The van der Waals surface area contributed by atoms with Crippen molar-refractivity contribution in [3.63, 3.8) is 0 Å². The molecule has 0 unspecified atom stereocenters. The van der Waals surface area contributed by atoms with E-state index in [0.717, 1.165) is 17.7 Å². The monoisotopic (exact) mass is 645 g/mol. The van der Waals surface area contributed by atoms with Crippen molar-refractivity contribution in [2.24, 2.45) is 5.10 Å². The lowest BCUT2D eigenvalue weighted by molar-refractivity contribution is -0.137. The normalized spacial score (nSPS) is 11.8. The molecule has 0 fully saturated rings. The number of benzene rings is 4. The number of rotatable bonds is 12. The van der Waals surface area contributed by atoms with Gasteiger partial charge >= 0.3 is 6.18 Å². The number of carbonyl (C=O) groups is 1. The fourth-order valence-corrected chi connectivity index (χ4v) is 5.65. The molecule has 4 aromatic carbocycles. The summed E-state index contributed by atoms with van der Waals surface area (Å²) in [7, 11) is -4.46. The van der Waals surface area contributed by atoms with Gasteiger partial charge in [0.15, 0.2) is 11.5 Å². The van der Waals surface area contributed by atoms with Gasteiger partial charge in [0.05, 0.1) is 34.0 Å². The van der Waals surface area contributed by atoms with E-state index in [-0.39, 0.29) is 4.90 Å². The molecule has 0 aliphatic rings. The van der Waals surface area contributed by atoms with E-state index in [0.29, 0.717) is 40.6 Å². The first-order valence-corrected chi connectivity index (χ1v) is 15.0. The van der Waals surface area contributed by atoms with E-state index in [4.69, 9.17) is 21.1 Å². The molecule has 0 aliphatic carbocycles. The first-order chi connectivity index (χ1) is 21.0. The van der Waals surface area contributed by atoms with Crippen LogP contribution in [0.25, 0.3) is 0 Å². The number of halogens is 4. The number of amides is 1. The Morgan fingerprint density at radius 1 is 0.932 bits per heavy atom. The van der Waals surface area contributed by atoms with E-state index < -0.39 is 44.9 Å². The largest absolute Gasteiger partial charge is 0.490 e. The highest BCUT2D eigenvalue weighted by atomic mass is 35.5. The average molecular weight is 646 g/mol. The van der Waals surface area contributed by atoms with E-state index >= 15 is 0 Å². The lowest BCUT2D eigenvalue weighted by Gasteiger charge is -2.24. The molecule has 4 rings (SSSR count). The summed E-state index contributed by atoms with van der Waals surface area (Å²) in [5, 5.41) is 3.28. The smallest absolute Gasteiger partial charge is 0.417 e. The summed E-state index contributed by atoms with van der Waals surface area (Å²) >= 11 is 5.73. The molecule has 13 heteroatoms. The molecule has 4 aromatic rings. The molecule has 230 valence electrons. The summed E-state index contributed by atoms with van der Waals surface area (Å²) in [4.78, 5) is 12.6. The lowest BCUT2D eigenvalue weighted by atomic mass is 10.2. The molecule has 0 heterocycles. The third-order valence-electron chi connectivity index (χ3n) is 6.07. The van der Waals surface area contributed by atoms with Crippen LogP contribution in [0.4, 0.5) is 18.9 Å². The Hall–Kier alpha value is -4.55. The van der Waals surface area contributed by atoms with Crippen LogP contribution < -0.4 is 19.2 Å². The average Bonchev–Trinajstić information content (AvgIpc) is 3.00. The number of carbonyl (C=O) groups excluding carboxylic acids is 1. The zero-order valence-corrected chi connectivity index (χ0v) is 24.9. The summed E-state index contributed by atoms with van der Waals surface area (Å²) in [6.07, 6.45) is -3.55. The summed E-state index contributed by atoms with van der Waals surface area (Å²) in [5.41, 5.74) is 2.08. The number of nitrogens with zero attached hydrogens (tertiary/aromatic N) is 2. The van der Waals surface area contributed by atoms with E-state index in [1.807, 2.05) is 37.3 Å². The van der Waals surface area contributed by atoms with Crippen molar-refractivity contribution in [2.75, 3.05) is 17.5 Å². The van der Waals surface area contributed by atoms with Crippen molar-refractivity contribution < 1.29 is 35.9 Å². The van der Waals surface area contributed by atoms with Crippen LogP contribution in [-0.4, -0.2) is 33.7 Å². The van der Waals surface area contributed by atoms with Crippen molar-refractivity contribution in [3.05, 3.63) is 119 Å². The molecule has 44 heavy (non-hydrogen) atoms. The van der Waals surface area contributed by atoms with Gasteiger partial charge in [-0.05, 0) is 66.6 Å². The number of alkyl halides is 3. The van der Waals surface area contributed by atoms with Gasteiger partial charge in [0.1, 0.15) is 13.2 Å². The molecule has 0 atom stereocenters. The first-order valence-electron chi connectivity index (χ1n) is 13.2. The number of hydrogen-bond donors (Lipinski definition) is 1. The van der Waals surface area contributed by atoms with Gasteiger partial charge in [-0.1, -0.05) is 60.1 Å². The van der Waals surface area contributed by atoms with Gasteiger partial charge < -0.3 is 9.47 Å². The highest BCUT2D eigenvalue weighted by Crippen LogP contribution is 2.38. The Bertz CT molecular complexity index is 1720. The Balaban J connectivity index is 1.53. The number of hydrazone groups is 1. The minimum absolute atomic E-state index is 0.224. The fourth-order valence-electron chi connectivity index (χ4n) is 3.99. The molecule has 0 aromatic heterocycles. The van der Waals surface area contributed by atoms with E-state index in [1.54, 1.807) is 24.3 Å². The summed E-state index contributed by atoms with van der Waals surface area (Å²) in [5.74, 6) is 0.0407. The number of nitrogens with one attached hydrogen (secondary N) is 1. The molecule has 1 N–H and O–H groups in total. The molecule has 0 aliphatic heterocycles. The Morgan fingerprint density at radius 2 is 1.61 bits per heavy atom. The molecular weight excluding hydrogens is 619 g/mol. The van der Waals surface area contributed by atoms with Crippen LogP contribution in [0.1, 0.15) is 23.6 Å². The van der Waals surface area contributed by atoms with Gasteiger partial charge in [0, 0.05) is 0 Å². The number of anilines is 1. The second-order valence-electron chi connectivity index (χ2n) is 9.19. The second-order valence-corrected chi connectivity index (χ2v) is 11.5. The van der Waals surface area contributed by atoms with Crippen molar-refractivity contribution in [2.45, 2.75) is 24.6 Å². The van der Waals surface area contributed by atoms with Gasteiger partial charge in [0.2, 0.25) is 0 Å². The molecule has 0 spiro atoms. The number of sulfonamides is 1. The fraction of sp³-hybridized carbons (Fsp3) is 0.161. The Kier molecular flexibility index (Phi) is 10.5. The highest BCUT2D eigenvalue weighted by molar-refractivity contribution is 7.92. The zero-order chi connectivity index (χ0) is 31.7. The zero-order valence-electron chi connectivity index (χ0n) is 23.3. The van der Waals surface area contributed by atoms with Gasteiger partial charge in [-0.25, -0.2) is 13.8 Å². The topological polar surface area (TPSA) is 97.3 Å². The maximum Gasteiger partial charge on any atom is 0.417 e. The quantitative estimate of drug-likeness (QED) is 0.137. The van der Waals surface area contributed by atoms with E-state index in [1.165, 1.54) is 30.5 Å². The highest BCUT2D eigenvalue weighted by Gasteiger charge is 2.35. The van der Waals surface area contributed by atoms with Crippen LogP contribution in [0.5, 0.6) is 11.5 Å². The van der Waals surface area contributed by atoms with Crippen molar-refractivity contribution >= 4 is 39.4 Å². The SMILES string of the molecule is CCOc1cc(/C=N/NC(=O)CN(c2ccc(Cl)c(C(F)(F)F)c2)S(=O)(=O)c2ccccc2)ccc1OCc1ccccc1. The van der Waals surface area contributed by atoms with Gasteiger partial charge in [-0.15, -0.1) is 0 Å². The predicted molar refractivity (Wildman–Crippen MR) is 162 cm³/mol. The maximum absolute atomic E-state index is 13.6. The molecule has 0 bridgehead atoms. The Morgan fingerprint density at radius 3 is 2.27 bits per heavy atom. The molecule has 1 amide bonds. The molecule has 0 saturated heterocycles. The van der Waals surface area contributed by atoms with Crippen molar-refractivity contribution in [3.8, 4) is 11.5 Å². The van der Waals surface area contributed by atoms with E-state index in [9.17, 15) is 26.4 Å².